The van der Waals surface area contributed by atoms with E-state index in [2.05, 4.69) is 19.9 Å². The van der Waals surface area contributed by atoms with Gasteiger partial charge in [-0.05, 0) is 42.1 Å². The number of rotatable bonds is 3. The third-order valence-corrected chi connectivity index (χ3v) is 4.36. The molecule has 0 fully saturated rings. The first-order valence-corrected chi connectivity index (χ1v) is 8.33. The van der Waals surface area contributed by atoms with E-state index >= 15 is 0 Å². The van der Waals surface area contributed by atoms with Crippen molar-refractivity contribution in [2.45, 2.75) is 5.92 Å². The third-order valence-electron chi connectivity index (χ3n) is 3.70. The van der Waals surface area contributed by atoms with Crippen LogP contribution in [-0.2, 0) is 0 Å². The van der Waals surface area contributed by atoms with Crippen molar-refractivity contribution in [1.82, 2.24) is 19.9 Å². The molecule has 26 heavy (non-hydrogen) atoms. The predicted molar refractivity (Wildman–Crippen MR) is 100 cm³/mol. The lowest BCUT2D eigenvalue weighted by molar-refractivity contribution is 0.431. The molecule has 6 N–H and O–H groups in total. The fourth-order valence-corrected chi connectivity index (χ4v) is 3.14. The van der Waals surface area contributed by atoms with Crippen molar-refractivity contribution in [3.05, 3.63) is 76.2 Å². The predicted octanol–water partition coefficient (Wildman–Crippen LogP) is 2.42. The van der Waals surface area contributed by atoms with Gasteiger partial charge in [-0.2, -0.15) is 0 Å². The quantitative estimate of drug-likeness (QED) is 0.367. The van der Waals surface area contributed by atoms with Crippen LogP contribution in [0.2, 0.25) is 5.02 Å². The third kappa shape index (κ3) is 3.34. The van der Waals surface area contributed by atoms with Gasteiger partial charge in [0, 0.05) is 5.02 Å². The maximum atomic E-state index is 12.5. The number of hydrogen-bond acceptors (Lipinski definition) is 6. The van der Waals surface area contributed by atoms with Crippen LogP contribution in [0.1, 0.15) is 22.6 Å². The van der Waals surface area contributed by atoms with Crippen LogP contribution >= 0.6 is 36.0 Å². The Morgan fingerprint density at radius 2 is 1.23 bits per heavy atom. The fourth-order valence-electron chi connectivity index (χ4n) is 2.64. The van der Waals surface area contributed by atoms with Crippen LogP contribution in [0.15, 0.2) is 33.9 Å². The summed E-state index contributed by atoms with van der Waals surface area (Å²) in [6.07, 6.45) is 0. The smallest absolute Gasteiger partial charge is 0.259 e. The van der Waals surface area contributed by atoms with E-state index in [-0.39, 0.29) is 20.7 Å². The minimum atomic E-state index is -1.13. The highest BCUT2D eigenvalue weighted by atomic mass is 35.5. The molecule has 11 heteroatoms. The largest absolute Gasteiger partial charge is 0.494 e. The summed E-state index contributed by atoms with van der Waals surface area (Å²) in [5, 5.41) is 21.0. The number of aromatic nitrogens is 4. The minimum Gasteiger partial charge on any atom is -0.494 e. The second-order valence-electron chi connectivity index (χ2n) is 5.33. The SMILES string of the molecule is O=c1[nH]c(=S)[nH]c(O)c1C(c1ccc(Cl)cc1)c1c(O)[nH]c(=S)[nH]c1=O. The molecule has 3 rings (SSSR count). The van der Waals surface area contributed by atoms with Gasteiger partial charge in [-0.1, -0.05) is 23.7 Å². The van der Waals surface area contributed by atoms with Crippen molar-refractivity contribution in [1.29, 1.82) is 0 Å². The molecule has 8 nitrogen and oxygen atoms in total. The number of halogens is 1. The van der Waals surface area contributed by atoms with Crippen molar-refractivity contribution >= 4 is 36.0 Å². The highest BCUT2D eigenvalue weighted by molar-refractivity contribution is 7.71. The summed E-state index contributed by atoms with van der Waals surface area (Å²) < 4.78 is -0.173. The van der Waals surface area contributed by atoms with Crippen LogP contribution in [-0.4, -0.2) is 30.1 Å². The van der Waals surface area contributed by atoms with Crippen LogP contribution in [0.3, 0.4) is 0 Å². The molecule has 0 aliphatic heterocycles. The summed E-state index contributed by atoms with van der Waals surface area (Å²) in [5.41, 5.74) is -1.41. The maximum Gasteiger partial charge on any atom is 0.259 e. The molecule has 0 aliphatic carbocycles. The standard InChI is InChI=1S/C15H11ClN4O4S2/c16-6-3-1-5(2-4-6)7(8-10(21)17-14(25)18-11(8)22)9-12(23)19-15(26)20-13(9)24/h1-4,7H,(H3,17,18,21,22,25)(H3,19,20,23,24,26). The van der Waals surface area contributed by atoms with Crippen molar-refractivity contribution in [2.75, 3.05) is 0 Å². The lowest BCUT2D eigenvalue weighted by atomic mass is 9.87. The minimum absolute atomic E-state index is 0.0864. The summed E-state index contributed by atoms with van der Waals surface area (Å²) in [6.45, 7) is 0. The summed E-state index contributed by atoms with van der Waals surface area (Å²) in [5.74, 6) is -2.18. The molecule has 2 aromatic heterocycles. The summed E-state index contributed by atoms with van der Waals surface area (Å²) in [7, 11) is 0. The van der Waals surface area contributed by atoms with Crippen LogP contribution in [0.25, 0.3) is 0 Å². The van der Waals surface area contributed by atoms with E-state index in [9.17, 15) is 19.8 Å². The van der Waals surface area contributed by atoms with Gasteiger partial charge in [-0.15, -0.1) is 0 Å². The molecule has 0 bridgehead atoms. The van der Waals surface area contributed by atoms with Gasteiger partial charge < -0.3 is 20.2 Å². The van der Waals surface area contributed by atoms with Crippen molar-refractivity contribution < 1.29 is 10.2 Å². The summed E-state index contributed by atoms with van der Waals surface area (Å²) in [4.78, 5) is 34.5. The average molecular weight is 411 g/mol. The van der Waals surface area contributed by atoms with Gasteiger partial charge in [-0.3, -0.25) is 19.6 Å². The van der Waals surface area contributed by atoms with E-state index < -0.39 is 28.8 Å². The molecular formula is C15H11ClN4O4S2. The Kier molecular flexibility index (Phi) is 4.81. The maximum absolute atomic E-state index is 12.5. The van der Waals surface area contributed by atoms with Gasteiger partial charge in [0.05, 0.1) is 17.0 Å². The zero-order valence-corrected chi connectivity index (χ0v) is 15.2. The Labute approximate surface area is 160 Å². The molecule has 1 aromatic carbocycles. The molecule has 0 radical (unpaired) electrons. The lowest BCUT2D eigenvalue weighted by Crippen LogP contribution is -2.25. The summed E-state index contributed by atoms with van der Waals surface area (Å²) >= 11 is 15.6. The molecule has 0 saturated heterocycles. The first kappa shape index (κ1) is 18.1. The topological polar surface area (TPSA) is 138 Å². The van der Waals surface area contributed by atoms with E-state index in [0.717, 1.165) is 0 Å². The molecule has 0 saturated carbocycles. The second kappa shape index (κ2) is 6.90. The normalized spacial score (nSPS) is 11.0. The Morgan fingerprint density at radius 1 is 0.808 bits per heavy atom. The molecule has 3 aromatic rings. The van der Waals surface area contributed by atoms with Crippen molar-refractivity contribution in [3.8, 4) is 11.8 Å². The Morgan fingerprint density at radius 3 is 1.62 bits per heavy atom. The first-order valence-electron chi connectivity index (χ1n) is 7.14. The number of aromatic hydroxyl groups is 2. The molecule has 0 unspecified atom stereocenters. The van der Waals surface area contributed by atoms with E-state index in [1.807, 2.05) is 0 Å². The van der Waals surface area contributed by atoms with Gasteiger partial charge in [0.2, 0.25) is 0 Å². The molecular weight excluding hydrogens is 400 g/mol. The molecule has 134 valence electrons. The number of nitrogens with one attached hydrogen (secondary N) is 4. The van der Waals surface area contributed by atoms with Gasteiger partial charge >= 0.3 is 0 Å². The average Bonchev–Trinajstić information content (AvgIpc) is 2.52. The number of hydrogen-bond donors (Lipinski definition) is 6. The number of H-pyrrole nitrogens is 4. The zero-order valence-electron chi connectivity index (χ0n) is 12.8. The van der Waals surface area contributed by atoms with Crippen molar-refractivity contribution in [2.24, 2.45) is 0 Å². The van der Waals surface area contributed by atoms with Crippen molar-refractivity contribution in [3.63, 3.8) is 0 Å². The van der Waals surface area contributed by atoms with E-state index in [4.69, 9.17) is 36.0 Å². The highest BCUT2D eigenvalue weighted by Crippen LogP contribution is 2.35. The molecule has 2 heterocycles. The zero-order chi connectivity index (χ0) is 19.0. The van der Waals surface area contributed by atoms with Gasteiger partial charge in [0.1, 0.15) is 0 Å². The number of benzene rings is 1. The number of aromatic amines is 4. The monoisotopic (exact) mass is 410 g/mol. The van der Waals surface area contributed by atoms with Crippen LogP contribution < -0.4 is 11.1 Å². The van der Waals surface area contributed by atoms with E-state index in [0.29, 0.717) is 10.6 Å². The highest BCUT2D eigenvalue weighted by Gasteiger charge is 2.29. The Bertz CT molecular complexity index is 1140. The van der Waals surface area contributed by atoms with Crippen LogP contribution in [0.4, 0.5) is 0 Å². The molecule has 0 amide bonds. The van der Waals surface area contributed by atoms with Gasteiger partial charge in [0.25, 0.3) is 11.1 Å². The summed E-state index contributed by atoms with van der Waals surface area (Å²) in [6, 6.07) is 6.23. The van der Waals surface area contributed by atoms with Gasteiger partial charge in [-0.25, -0.2) is 0 Å². The second-order valence-corrected chi connectivity index (χ2v) is 6.58. The van der Waals surface area contributed by atoms with Crippen LogP contribution in [0, 0.1) is 9.54 Å². The molecule has 0 atom stereocenters. The van der Waals surface area contributed by atoms with Crippen LogP contribution in [0.5, 0.6) is 11.8 Å². The lowest BCUT2D eigenvalue weighted by Gasteiger charge is -2.18. The molecule has 0 aliphatic rings. The first-order chi connectivity index (χ1) is 12.3. The fraction of sp³-hybridized carbons (Fsp3) is 0.0667. The van der Waals surface area contributed by atoms with Gasteiger partial charge in [0.15, 0.2) is 21.3 Å². The molecule has 0 spiro atoms. The van der Waals surface area contributed by atoms with E-state index in [1.54, 1.807) is 24.3 Å². The Balaban J connectivity index is 2.41. The van der Waals surface area contributed by atoms with E-state index in [1.165, 1.54) is 0 Å². The Hall–Kier alpha value is -2.69.